The molecule has 0 aromatic carbocycles. The first-order chi connectivity index (χ1) is 10.7. The Morgan fingerprint density at radius 1 is 1.32 bits per heavy atom. The van der Waals surface area contributed by atoms with Crippen molar-refractivity contribution in [3.63, 3.8) is 0 Å². The normalized spacial score (nSPS) is 16.0. The summed E-state index contributed by atoms with van der Waals surface area (Å²) in [5.74, 6) is 1.97. The highest BCUT2D eigenvalue weighted by atomic mass is 16.5. The lowest BCUT2D eigenvalue weighted by Crippen LogP contribution is -2.15. The fraction of sp³-hybridized carbons (Fsp3) is 0.562. The summed E-state index contributed by atoms with van der Waals surface area (Å²) in [5, 5.41) is 4.00. The van der Waals surface area contributed by atoms with Crippen LogP contribution in [-0.2, 0) is 18.2 Å². The number of nitrogens with zero attached hydrogens (tertiary/aromatic N) is 3. The highest BCUT2D eigenvalue weighted by molar-refractivity contribution is 5.52. The minimum absolute atomic E-state index is 0.0519. The first-order valence-electron chi connectivity index (χ1n) is 7.80. The lowest BCUT2D eigenvalue weighted by Gasteiger charge is -2.21. The van der Waals surface area contributed by atoms with E-state index in [2.05, 4.69) is 10.1 Å². The van der Waals surface area contributed by atoms with E-state index in [0.717, 1.165) is 50.4 Å². The maximum atomic E-state index is 11.4. The van der Waals surface area contributed by atoms with E-state index in [0.29, 0.717) is 11.7 Å². The van der Waals surface area contributed by atoms with E-state index in [1.54, 1.807) is 19.3 Å². The van der Waals surface area contributed by atoms with Crippen LogP contribution >= 0.6 is 0 Å². The molecular formula is C16H21N3O3. The van der Waals surface area contributed by atoms with E-state index in [9.17, 15) is 4.79 Å². The monoisotopic (exact) mass is 303 g/mol. The van der Waals surface area contributed by atoms with E-state index in [-0.39, 0.29) is 5.56 Å². The lowest BCUT2D eigenvalue weighted by molar-refractivity contribution is 0.0632. The summed E-state index contributed by atoms with van der Waals surface area (Å²) in [7, 11) is 1.71. The molecule has 118 valence electrons. The van der Waals surface area contributed by atoms with Gasteiger partial charge in [-0.05, 0) is 37.7 Å². The van der Waals surface area contributed by atoms with Gasteiger partial charge in [-0.1, -0.05) is 5.16 Å². The number of aromatic nitrogens is 3. The highest BCUT2D eigenvalue weighted by Gasteiger charge is 2.14. The standard InChI is InChI=1S/C16H21N3O3/c1-19-11-13(5-6-15(19)20)16-17-14(22-18-16)4-2-3-12-7-9-21-10-8-12/h5-6,11-12H,2-4,7-10H2,1H3. The highest BCUT2D eigenvalue weighted by Crippen LogP contribution is 2.21. The van der Waals surface area contributed by atoms with Crippen LogP contribution in [0.3, 0.4) is 0 Å². The zero-order chi connectivity index (χ0) is 15.4. The Balaban J connectivity index is 1.56. The van der Waals surface area contributed by atoms with Gasteiger partial charge in [0.2, 0.25) is 17.3 Å². The van der Waals surface area contributed by atoms with Crippen LogP contribution in [0.25, 0.3) is 11.4 Å². The molecule has 0 amide bonds. The molecular weight excluding hydrogens is 282 g/mol. The Bertz CT molecular complexity index is 671. The molecule has 6 nitrogen and oxygen atoms in total. The molecule has 2 aromatic heterocycles. The average Bonchev–Trinajstić information content (AvgIpc) is 3.00. The molecule has 1 aliphatic rings. The van der Waals surface area contributed by atoms with E-state index in [4.69, 9.17) is 9.26 Å². The average molecular weight is 303 g/mol. The van der Waals surface area contributed by atoms with Crippen molar-refractivity contribution in [1.82, 2.24) is 14.7 Å². The molecule has 2 aromatic rings. The van der Waals surface area contributed by atoms with Crippen LogP contribution in [0.4, 0.5) is 0 Å². The predicted molar refractivity (Wildman–Crippen MR) is 81.5 cm³/mol. The van der Waals surface area contributed by atoms with Crippen molar-refractivity contribution in [2.75, 3.05) is 13.2 Å². The maximum Gasteiger partial charge on any atom is 0.250 e. The van der Waals surface area contributed by atoms with Crippen LogP contribution in [0.5, 0.6) is 0 Å². The third kappa shape index (κ3) is 3.62. The first kappa shape index (κ1) is 15.0. The van der Waals surface area contributed by atoms with Gasteiger partial charge in [-0.2, -0.15) is 4.98 Å². The molecule has 1 saturated heterocycles. The number of hydrogen-bond acceptors (Lipinski definition) is 5. The van der Waals surface area contributed by atoms with Crippen molar-refractivity contribution in [1.29, 1.82) is 0 Å². The molecule has 22 heavy (non-hydrogen) atoms. The topological polar surface area (TPSA) is 70.2 Å². The van der Waals surface area contributed by atoms with Crippen LogP contribution in [0.2, 0.25) is 0 Å². The van der Waals surface area contributed by atoms with E-state index >= 15 is 0 Å². The van der Waals surface area contributed by atoms with Crippen LogP contribution < -0.4 is 5.56 Å². The summed E-state index contributed by atoms with van der Waals surface area (Å²) in [6, 6.07) is 3.23. The van der Waals surface area contributed by atoms with Gasteiger partial charge in [-0.15, -0.1) is 0 Å². The third-order valence-corrected chi connectivity index (χ3v) is 4.16. The minimum Gasteiger partial charge on any atom is -0.381 e. The van der Waals surface area contributed by atoms with Gasteiger partial charge < -0.3 is 13.8 Å². The Morgan fingerprint density at radius 3 is 2.91 bits per heavy atom. The lowest BCUT2D eigenvalue weighted by atomic mass is 9.94. The molecule has 0 bridgehead atoms. The van der Waals surface area contributed by atoms with Gasteiger partial charge in [0.05, 0.1) is 0 Å². The van der Waals surface area contributed by atoms with Gasteiger partial charge in [0.1, 0.15) is 0 Å². The molecule has 3 heterocycles. The fourth-order valence-corrected chi connectivity index (χ4v) is 2.78. The van der Waals surface area contributed by atoms with Gasteiger partial charge in [0, 0.05) is 44.5 Å². The summed E-state index contributed by atoms with van der Waals surface area (Å²) < 4.78 is 12.2. The minimum atomic E-state index is -0.0519. The van der Waals surface area contributed by atoms with Crippen molar-refractivity contribution in [3.05, 3.63) is 34.6 Å². The molecule has 1 aliphatic heterocycles. The van der Waals surface area contributed by atoms with Gasteiger partial charge in [-0.25, -0.2) is 0 Å². The number of rotatable bonds is 5. The molecule has 0 atom stereocenters. The van der Waals surface area contributed by atoms with Gasteiger partial charge in [0.15, 0.2) is 0 Å². The number of pyridine rings is 1. The van der Waals surface area contributed by atoms with Crippen molar-refractivity contribution < 1.29 is 9.26 Å². The van der Waals surface area contributed by atoms with Crippen LogP contribution in [0.1, 0.15) is 31.6 Å². The second-order valence-corrected chi connectivity index (χ2v) is 5.83. The van der Waals surface area contributed by atoms with Crippen molar-refractivity contribution in [2.24, 2.45) is 13.0 Å². The molecule has 3 rings (SSSR count). The Hall–Kier alpha value is -1.95. The number of aryl methyl sites for hydroxylation is 2. The van der Waals surface area contributed by atoms with E-state index in [1.807, 2.05) is 0 Å². The molecule has 1 fully saturated rings. The zero-order valence-electron chi connectivity index (χ0n) is 12.8. The summed E-state index contributed by atoms with van der Waals surface area (Å²) in [5.41, 5.74) is 0.741. The van der Waals surface area contributed by atoms with Crippen LogP contribution in [-0.4, -0.2) is 27.9 Å². The van der Waals surface area contributed by atoms with Gasteiger partial charge in [-0.3, -0.25) is 4.79 Å². The third-order valence-electron chi connectivity index (χ3n) is 4.16. The van der Waals surface area contributed by atoms with Crippen LogP contribution in [0.15, 0.2) is 27.6 Å². The van der Waals surface area contributed by atoms with Gasteiger partial charge >= 0.3 is 0 Å². The Morgan fingerprint density at radius 2 is 2.14 bits per heavy atom. The summed E-state index contributed by atoms with van der Waals surface area (Å²) >= 11 is 0. The SMILES string of the molecule is Cn1cc(-c2noc(CCCC3CCOCC3)n2)ccc1=O. The summed E-state index contributed by atoms with van der Waals surface area (Å²) in [6.45, 7) is 1.78. The summed E-state index contributed by atoms with van der Waals surface area (Å²) in [4.78, 5) is 15.8. The molecule has 0 N–H and O–H groups in total. The fourth-order valence-electron chi connectivity index (χ4n) is 2.78. The Kier molecular flexibility index (Phi) is 4.68. The molecule has 6 heteroatoms. The Labute approximate surface area is 129 Å². The maximum absolute atomic E-state index is 11.4. The van der Waals surface area contributed by atoms with E-state index < -0.39 is 0 Å². The van der Waals surface area contributed by atoms with E-state index in [1.165, 1.54) is 17.1 Å². The molecule has 0 spiro atoms. The van der Waals surface area contributed by atoms with Crippen LogP contribution in [0, 0.1) is 5.92 Å². The number of ether oxygens (including phenoxy) is 1. The van der Waals surface area contributed by atoms with Gasteiger partial charge in [0.25, 0.3) is 0 Å². The molecule has 0 unspecified atom stereocenters. The van der Waals surface area contributed by atoms with Crippen molar-refractivity contribution in [2.45, 2.75) is 32.1 Å². The second kappa shape index (κ2) is 6.87. The molecule has 0 saturated carbocycles. The molecule has 0 radical (unpaired) electrons. The van der Waals surface area contributed by atoms with Crippen molar-refractivity contribution >= 4 is 0 Å². The predicted octanol–water partition coefficient (Wildman–Crippen LogP) is 2.18. The first-order valence-corrected chi connectivity index (χ1v) is 7.80. The number of hydrogen-bond donors (Lipinski definition) is 0. The molecule has 0 aliphatic carbocycles. The largest absolute Gasteiger partial charge is 0.381 e. The quantitative estimate of drug-likeness (QED) is 0.846. The zero-order valence-corrected chi connectivity index (χ0v) is 12.8. The van der Waals surface area contributed by atoms with Crippen molar-refractivity contribution in [3.8, 4) is 11.4 Å². The second-order valence-electron chi connectivity index (χ2n) is 5.83. The summed E-state index contributed by atoms with van der Waals surface area (Å²) in [6.07, 6.45) is 7.08. The smallest absolute Gasteiger partial charge is 0.250 e.